The Morgan fingerprint density at radius 1 is 0.306 bits per heavy atom. The third-order valence-corrected chi connectivity index (χ3v) is 12.5. The van der Waals surface area contributed by atoms with Gasteiger partial charge in [-0.1, -0.05) is 252 Å². The maximum Gasteiger partial charge on any atom is 0.306 e. The first-order valence-corrected chi connectivity index (χ1v) is 29.9. The van der Waals surface area contributed by atoms with Gasteiger partial charge in [-0.05, 0) is 109 Å². The first kappa shape index (κ1) is 68.1. The highest BCUT2D eigenvalue weighted by molar-refractivity contribution is 5.71. The van der Waals surface area contributed by atoms with Gasteiger partial charge in [-0.15, -0.1) is 0 Å². The largest absolute Gasteiger partial charge is 0.462 e. The van der Waals surface area contributed by atoms with E-state index in [1.165, 1.54) is 122 Å². The van der Waals surface area contributed by atoms with Crippen LogP contribution in [0.3, 0.4) is 0 Å². The van der Waals surface area contributed by atoms with Gasteiger partial charge in [-0.3, -0.25) is 14.4 Å². The number of hydrogen-bond acceptors (Lipinski definition) is 6. The lowest BCUT2D eigenvalue weighted by Crippen LogP contribution is -2.30. The van der Waals surface area contributed by atoms with Crippen molar-refractivity contribution in [3.63, 3.8) is 0 Å². The van der Waals surface area contributed by atoms with E-state index in [9.17, 15) is 14.4 Å². The van der Waals surface area contributed by atoms with Gasteiger partial charge in [-0.25, -0.2) is 0 Å². The van der Waals surface area contributed by atoms with E-state index in [1.54, 1.807) is 0 Å². The zero-order chi connectivity index (χ0) is 52.2. The third-order valence-electron chi connectivity index (χ3n) is 12.5. The van der Waals surface area contributed by atoms with E-state index in [0.717, 1.165) is 103 Å². The predicted molar refractivity (Wildman–Crippen MR) is 311 cm³/mol. The summed E-state index contributed by atoms with van der Waals surface area (Å²) in [7, 11) is 0. The number of ether oxygens (including phenoxy) is 3. The van der Waals surface area contributed by atoms with Gasteiger partial charge >= 0.3 is 17.9 Å². The van der Waals surface area contributed by atoms with Crippen molar-refractivity contribution in [1.29, 1.82) is 0 Å². The van der Waals surface area contributed by atoms with Gasteiger partial charge in [0.05, 0.1) is 0 Å². The second-order valence-corrected chi connectivity index (χ2v) is 19.6. The Bertz CT molecular complexity index is 1470. The van der Waals surface area contributed by atoms with E-state index < -0.39 is 6.10 Å². The molecule has 0 bridgehead atoms. The molecular formula is C66H110O6. The molecule has 0 fully saturated rings. The molecular weight excluding hydrogens is 889 g/mol. The minimum atomic E-state index is -0.814. The zero-order valence-electron chi connectivity index (χ0n) is 46.9. The fourth-order valence-electron chi connectivity index (χ4n) is 8.06. The van der Waals surface area contributed by atoms with Crippen LogP contribution in [0.25, 0.3) is 0 Å². The number of rotatable bonds is 53. The van der Waals surface area contributed by atoms with Crippen molar-refractivity contribution in [1.82, 2.24) is 0 Å². The Balaban J connectivity index is 4.51. The van der Waals surface area contributed by atoms with Crippen molar-refractivity contribution in [2.45, 2.75) is 277 Å². The number of esters is 3. The highest BCUT2D eigenvalue weighted by atomic mass is 16.6. The Hall–Kier alpha value is -3.93. The molecule has 0 saturated heterocycles. The summed E-state index contributed by atoms with van der Waals surface area (Å²) in [6.07, 6.45) is 80.8. The average Bonchev–Trinajstić information content (AvgIpc) is 3.38. The summed E-state index contributed by atoms with van der Waals surface area (Å²) in [4.78, 5) is 38.2. The van der Waals surface area contributed by atoms with Gasteiger partial charge in [0.25, 0.3) is 0 Å². The van der Waals surface area contributed by atoms with Gasteiger partial charge in [0.1, 0.15) is 13.2 Å². The molecule has 410 valence electrons. The average molecular weight is 1000 g/mol. The van der Waals surface area contributed by atoms with E-state index in [-0.39, 0.29) is 37.5 Å². The molecule has 72 heavy (non-hydrogen) atoms. The molecule has 0 spiro atoms. The van der Waals surface area contributed by atoms with Crippen LogP contribution < -0.4 is 0 Å². The molecule has 1 unspecified atom stereocenters. The van der Waals surface area contributed by atoms with Crippen molar-refractivity contribution in [3.8, 4) is 0 Å². The first-order valence-electron chi connectivity index (χ1n) is 29.9. The van der Waals surface area contributed by atoms with Crippen LogP contribution in [-0.2, 0) is 28.6 Å². The number of allylic oxidation sites excluding steroid dienone is 18. The van der Waals surface area contributed by atoms with Crippen LogP contribution in [0.1, 0.15) is 271 Å². The second-order valence-electron chi connectivity index (χ2n) is 19.6. The molecule has 0 N–H and O–H groups in total. The summed E-state index contributed by atoms with van der Waals surface area (Å²) >= 11 is 0. The van der Waals surface area contributed by atoms with E-state index >= 15 is 0 Å². The molecule has 0 heterocycles. The number of carbonyl (C=O) groups is 3. The van der Waals surface area contributed by atoms with Crippen LogP contribution in [0.5, 0.6) is 0 Å². The fourth-order valence-corrected chi connectivity index (χ4v) is 8.06. The zero-order valence-corrected chi connectivity index (χ0v) is 46.9. The quantitative estimate of drug-likeness (QED) is 0.0199. The molecule has 1 atom stereocenters. The van der Waals surface area contributed by atoms with Gasteiger partial charge in [-0.2, -0.15) is 0 Å². The molecule has 0 aromatic rings. The van der Waals surface area contributed by atoms with Crippen LogP contribution in [0, 0.1) is 0 Å². The Kier molecular flexibility index (Phi) is 56.4. The molecule has 0 saturated carbocycles. The number of hydrogen-bond donors (Lipinski definition) is 0. The standard InChI is InChI=1S/C66H110O6/c1-4-7-10-13-16-19-22-25-28-31-33-36-38-41-44-47-50-53-56-59-65(68)71-62-63(61-70-64(67)58-55-52-49-46-43-40-37-34-30-27-24-21-18-15-12-9-6-3)72-66(69)60-57-54-51-48-45-42-39-35-32-29-26-23-20-17-14-11-8-5-2/h7,10,16,19,23,25-30,32,35,37,39-40,46,49,63H,4-6,8-9,11-15,17-18,20-22,24,31,33-34,36,38,41-45,47-48,50-62H2,1-3H3/b10-7-,19-16-,26-23-,28-25-,30-27-,32-29-,39-35-,40-37-,49-46-. The number of carbonyl (C=O) groups excluding carboxylic acids is 3. The van der Waals surface area contributed by atoms with Crippen LogP contribution in [0.15, 0.2) is 109 Å². The van der Waals surface area contributed by atoms with E-state index in [0.29, 0.717) is 19.3 Å². The lowest BCUT2D eigenvalue weighted by molar-refractivity contribution is -0.167. The first-order chi connectivity index (χ1) is 35.5. The van der Waals surface area contributed by atoms with Gasteiger partial charge in [0, 0.05) is 19.3 Å². The molecule has 0 aromatic heterocycles. The van der Waals surface area contributed by atoms with Gasteiger partial charge in [0.15, 0.2) is 6.10 Å². The fraction of sp³-hybridized carbons (Fsp3) is 0.682. The topological polar surface area (TPSA) is 78.9 Å². The summed E-state index contributed by atoms with van der Waals surface area (Å²) in [5.74, 6) is -0.983. The minimum Gasteiger partial charge on any atom is -0.462 e. The van der Waals surface area contributed by atoms with Crippen molar-refractivity contribution < 1.29 is 28.6 Å². The summed E-state index contributed by atoms with van der Waals surface area (Å²) in [5, 5.41) is 0. The third kappa shape index (κ3) is 57.0. The van der Waals surface area contributed by atoms with E-state index in [4.69, 9.17) is 14.2 Å². The van der Waals surface area contributed by atoms with E-state index in [1.807, 2.05) is 0 Å². The summed E-state index contributed by atoms with van der Waals surface area (Å²) < 4.78 is 16.8. The smallest absolute Gasteiger partial charge is 0.306 e. The second kappa shape index (κ2) is 59.6. The van der Waals surface area contributed by atoms with Gasteiger partial charge in [0.2, 0.25) is 0 Å². The van der Waals surface area contributed by atoms with Crippen LogP contribution >= 0.6 is 0 Å². The lowest BCUT2D eigenvalue weighted by Gasteiger charge is -2.18. The summed E-state index contributed by atoms with van der Waals surface area (Å²) in [5.41, 5.74) is 0. The highest BCUT2D eigenvalue weighted by Gasteiger charge is 2.19. The molecule has 0 radical (unpaired) electrons. The predicted octanol–water partition coefficient (Wildman–Crippen LogP) is 20.3. The Morgan fingerprint density at radius 3 is 1.01 bits per heavy atom. The monoisotopic (exact) mass is 999 g/mol. The highest BCUT2D eigenvalue weighted by Crippen LogP contribution is 2.14. The summed E-state index contributed by atoms with van der Waals surface area (Å²) in [6, 6.07) is 0. The summed E-state index contributed by atoms with van der Waals surface area (Å²) in [6.45, 7) is 6.45. The molecule has 0 aliphatic heterocycles. The van der Waals surface area contributed by atoms with Crippen LogP contribution in [0.4, 0.5) is 0 Å². The van der Waals surface area contributed by atoms with Crippen LogP contribution in [0.2, 0.25) is 0 Å². The molecule has 0 rings (SSSR count). The van der Waals surface area contributed by atoms with Crippen molar-refractivity contribution in [3.05, 3.63) is 109 Å². The molecule has 0 aliphatic rings. The lowest BCUT2D eigenvalue weighted by atomic mass is 10.1. The van der Waals surface area contributed by atoms with Crippen molar-refractivity contribution >= 4 is 17.9 Å². The van der Waals surface area contributed by atoms with Crippen molar-refractivity contribution in [2.24, 2.45) is 0 Å². The maximum atomic E-state index is 12.9. The van der Waals surface area contributed by atoms with Crippen molar-refractivity contribution in [2.75, 3.05) is 13.2 Å². The molecule has 0 aromatic carbocycles. The molecule has 0 aliphatic carbocycles. The Labute approximate surface area is 444 Å². The Morgan fingerprint density at radius 2 is 0.611 bits per heavy atom. The van der Waals surface area contributed by atoms with Gasteiger partial charge < -0.3 is 14.2 Å². The maximum absolute atomic E-state index is 12.9. The molecule has 6 nitrogen and oxygen atoms in total. The SMILES string of the molecule is CC/C=C\C/C=C\C/C=C\CCCCCCCCCCCC(=O)OCC(COC(=O)CCC/C=C\C/C=C\C/C=C\CCCCCCCC)OC(=O)CCCCCCC\C=C/C=C\C=C/CCCCCCC. The van der Waals surface area contributed by atoms with Crippen LogP contribution in [-0.4, -0.2) is 37.2 Å². The normalized spacial score (nSPS) is 12.9. The molecule has 0 amide bonds. The minimum absolute atomic E-state index is 0.106. The molecule has 6 heteroatoms. The number of unbranched alkanes of at least 4 members (excludes halogenated alkanes) is 26. The van der Waals surface area contributed by atoms with E-state index in [2.05, 4.69) is 130 Å².